The minimum atomic E-state index is 0. The van der Waals surface area contributed by atoms with Crippen LogP contribution in [0.2, 0.25) is 0 Å². The van der Waals surface area contributed by atoms with Crippen molar-refractivity contribution < 1.29 is 17.7 Å². The Morgan fingerprint density at radius 1 is 0.643 bits per heavy atom. The molecule has 2 N–H and O–H groups in total. The fourth-order valence-corrected chi connectivity index (χ4v) is 3.28. The van der Waals surface area contributed by atoms with Gasteiger partial charge in [-0.25, -0.2) is 0 Å². The highest BCUT2D eigenvalue weighted by molar-refractivity contribution is 4.82. The van der Waals surface area contributed by atoms with Crippen molar-refractivity contribution in [3.63, 3.8) is 0 Å². The van der Waals surface area contributed by atoms with E-state index in [-0.39, 0.29) is 12.4 Å². The fraction of sp³-hybridized carbons (Fsp3) is 1.00. The number of hydrogen-bond acceptors (Lipinski definition) is 0. The molecule has 1 heterocycles. The minimum absolute atomic E-state index is 0. The average Bonchev–Trinajstić information content (AvgIpc) is 2.50. The third-order valence-electron chi connectivity index (χ3n) is 4.16. The molecule has 1 nitrogen and oxygen atoms in total. The van der Waals surface area contributed by atoms with Crippen LogP contribution in [0.4, 0.5) is 0 Å². The molecule has 2 rings (SSSR count). The molecule has 2 aliphatic rings. The first-order valence-corrected chi connectivity index (χ1v) is 6.23. The summed E-state index contributed by atoms with van der Waals surface area (Å²) >= 11 is 0. The van der Waals surface area contributed by atoms with Crippen molar-refractivity contribution in [3.8, 4) is 0 Å². The summed E-state index contributed by atoms with van der Waals surface area (Å²) in [7, 11) is 0. The molecular weight excluding hydrogens is 194 g/mol. The van der Waals surface area contributed by atoms with E-state index in [2.05, 4.69) is 5.32 Å². The smallest absolute Gasteiger partial charge is 0.0760 e. The highest BCUT2D eigenvalue weighted by Crippen LogP contribution is 2.41. The summed E-state index contributed by atoms with van der Waals surface area (Å²) in [4.78, 5) is 0. The molecule has 0 amide bonds. The molecule has 0 radical (unpaired) electrons. The van der Waals surface area contributed by atoms with Crippen LogP contribution in [0.15, 0.2) is 0 Å². The molecule has 1 spiro atoms. The molecule has 14 heavy (non-hydrogen) atoms. The van der Waals surface area contributed by atoms with Gasteiger partial charge in [-0.3, -0.25) is 0 Å². The predicted molar refractivity (Wildman–Crippen MR) is 55.6 cm³/mol. The maximum atomic E-state index is 2.53. The molecule has 0 aromatic rings. The standard InChI is InChI=1S/C12H23N.ClH/c1-2-4-7-12(6-3-1)8-5-10-13-11-9-12;/h13H,1-11H2;1H. The van der Waals surface area contributed by atoms with Gasteiger partial charge in [0, 0.05) is 6.42 Å². The van der Waals surface area contributed by atoms with Gasteiger partial charge in [0.15, 0.2) is 0 Å². The molecule has 0 unspecified atom stereocenters. The fourth-order valence-electron chi connectivity index (χ4n) is 3.28. The van der Waals surface area contributed by atoms with E-state index in [4.69, 9.17) is 0 Å². The van der Waals surface area contributed by atoms with Crippen LogP contribution in [0, 0.1) is 5.41 Å². The van der Waals surface area contributed by atoms with E-state index in [0.717, 1.165) is 5.41 Å². The molecule has 84 valence electrons. The Balaban J connectivity index is 0.000000980. The third kappa shape index (κ3) is 3.13. The molecule has 2 fully saturated rings. The van der Waals surface area contributed by atoms with Gasteiger partial charge in [-0.1, -0.05) is 25.7 Å². The zero-order chi connectivity index (χ0) is 8.99. The summed E-state index contributed by atoms with van der Waals surface area (Å²) < 4.78 is 0. The summed E-state index contributed by atoms with van der Waals surface area (Å²) in [5, 5.41) is 2.53. The number of rotatable bonds is 0. The van der Waals surface area contributed by atoms with Gasteiger partial charge in [0.1, 0.15) is 0 Å². The molecule has 1 aliphatic heterocycles. The van der Waals surface area contributed by atoms with Crippen molar-refractivity contribution >= 4 is 0 Å². The van der Waals surface area contributed by atoms with Gasteiger partial charge in [0.2, 0.25) is 0 Å². The topological polar surface area (TPSA) is 16.6 Å². The molecule has 1 saturated heterocycles. The molecule has 2 heteroatoms. The highest BCUT2D eigenvalue weighted by atomic mass is 35.5. The second kappa shape index (κ2) is 5.97. The van der Waals surface area contributed by atoms with Gasteiger partial charge >= 0.3 is 0 Å². The SMILES string of the molecule is C1CCCC2(CC1)CCC[NH2+]CC2.[Cl-]. The molecule has 1 aliphatic carbocycles. The van der Waals surface area contributed by atoms with Crippen LogP contribution in [0.1, 0.15) is 57.8 Å². The van der Waals surface area contributed by atoms with Crippen molar-refractivity contribution in [3.05, 3.63) is 0 Å². The Labute approximate surface area is 94.4 Å². The summed E-state index contributed by atoms with van der Waals surface area (Å²) in [6.07, 6.45) is 13.6. The van der Waals surface area contributed by atoms with E-state index in [0.29, 0.717) is 0 Å². The second-order valence-electron chi connectivity index (χ2n) is 5.13. The van der Waals surface area contributed by atoms with Crippen LogP contribution in [-0.2, 0) is 0 Å². The maximum Gasteiger partial charge on any atom is 0.0760 e. The quantitative estimate of drug-likeness (QED) is 0.541. The normalized spacial score (nSPS) is 27.4. The molecule has 0 atom stereocenters. The first-order valence-electron chi connectivity index (χ1n) is 6.23. The van der Waals surface area contributed by atoms with E-state index in [9.17, 15) is 0 Å². The lowest BCUT2D eigenvalue weighted by molar-refractivity contribution is -0.653. The van der Waals surface area contributed by atoms with Gasteiger partial charge in [-0.2, -0.15) is 0 Å². The van der Waals surface area contributed by atoms with Crippen molar-refractivity contribution in [2.75, 3.05) is 13.1 Å². The first-order chi connectivity index (χ1) is 6.41. The van der Waals surface area contributed by atoms with Crippen LogP contribution in [0.25, 0.3) is 0 Å². The molecule has 0 bridgehead atoms. The number of quaternary nitrogens is 1. The largest absolute Gasteiger partial charge is 1.00 e. The summed E-state index contributed by atoms with van der Waals surface area (Å²) in [6, 6.07) is 0. The maximum absolute atomic E-state index is 2.53. The van der Waals surface area contributed by atoms with Gasteiger partial charge in [0.25, 0.3) is 0 Å². The van der Waals surface area contributed by atoms with Crippen molar-refractivity contribution in [1.29, 1.82) is 0 Å². The summed E-state index contributed by atoms with van der Waals surface area (Å²) in [6.45, 7) is 2.79. The lowest BCUT2D eigenvalue weighted by atomic mass is 9.74. The monoisotopic (exact) mass is 217 g/mol. The third-order valence-corrected chi connectivity index (χ3v) is 4.16. The summed E-state index contributed by atoms with van der Waals surface area (Å²) in [5.74, 6) is 0. The Kier molecular flexibility index (Phi) is 5.25. The van der Waals surface area contributed by atoms with Crippen molar-refractivity contribution in [1.82, 2.24) is 0 Å². The minimum Gasteiger partial charge on any atom is -1.00 e. The number of hydrogen-bond donors (Lipinski definition) is 1. The Morgan fingerprint density at radius 3 is 2.00 bits per heavy atom. The number of nitrogens with two attached hydrogens (primary N) is 1. The average molecular weight is 218 g/mol. The first kappa shape index (κ1) is 12.3. The molecule has 0 aromatic heterocycles. The van der Waals surface area contributed by atoms with Crippen LogP contribution in [0.5, 0.6) is 0 Å². The lowest BCUT2D eigenvalue weighted by Crippen LogP contribution is -3.00. The van der Waals surface area contributed by atoms with E-state index in [1.54, 1.807) is 12.8 Å². The van der Waals surface area contributed by atoms with E-state index < -0.39 is 0 Å². The van der Waals surface area contributed by atoms with Crippen LogP contribution in [0.3, 0.4) is 0 Å². The number of halogens is 1. The van der Waals surface area contributed by atoms with Gasteiger partial charge in [0.05, 0.1) is 13.1 Å². The zero-order valence-electron chi connectivity index (χ0n) is 9.23. The van der Waals surface area contributed by atoms with Crippen molar-refractivity contribution in [2.24, 2.45) is 5.41 Å². The Bertz CT molecular complexity index is 121. The zero-order valence-corrected chi connectivity index (χ0v) is 9.99. The highest BCUT2D eigenvalue weighted by Gasteiger charge is 2.32. The van der Waals surface area contributed by atoms with Crippen LogP contribution in [-0.4, -0.2) is 13.1 Å². The molecule has 1 saturated carbocycles. The van der Waals surface area contributed by atoms with Gasteiger partial charge in [-0.15, -0.1) is 0 Å². The van der Waals surface area contributed by atoms with E-state index >= 15 is 0 Å². The van der Waals surface area contributed by atoms with Gasteiger partial charge < -0.3 is 17.7 Å². The van der Waals surface area contributed by atoms with E-state index in [1.807, 2.05) is 0 Å². The van der Waals surface area contributed by atoms with Crippen molar-refractivity contribution in [2.45, 2.75) is 57.8 Å². The van der Waals surface area contributed by atoms with Gasteiger partial charge in [-0.05, 0) is 31.1 Å². The predicted octanol–water partition coefficient (Wildman–Crippen LogP) is -0.922. The Hall–Kier alpha value is 0.250. The van der Waals surface area contributed by atoms with Crippen LogP contribution >= 0.6 is 0 Å². The lowest BCUT2D eigenvalue weighted by Gasteiger charge is -2.30. The Morgan fingerprint density at radius 2 is 1.29 bits per heavy atom. The second-order valence-corrected chi connectivity index (χ2v) is 5.13. The van der Waals surface area contributed by atoms with E-state index in [1.165, 1.54) is 58.0 Å². The summed E-state index contributed by atoms with van der Waals surface area (Å²) in [5.41, 5.74) is 0.795. The molecule has 0 aromatic carbocycles. The molecular formula is C12H24ClN. The van der Waals surface area contributed by atoms with Crippen LogP contribution < -0.4 is 17.7 Å².